The van der Waals surface area contributed by atoms with E-state index in [1.54, 1.807) is 25.3 Å². The van der Waals surface area contributed by atoms with Gasteiger partial charge in [-0.25, -0.2) is 10.4 Å². The second-order valence-electron chi connectivity index (χ2n) is 8.88. The molecule has 2 heterocycles. The summed E-state index contributed by atoms with van der Waals surface area (Å²) >= 11 is 4.89. The zero-order valence-corrected chi connectivity index (χ0v) is 24.2. The highest BCUT2D eigenvalue weighted by atomic mass is 79.9. The van der Waals surface area contributed by atoms with E-state index in [9.17, 15) is 9.59 Å². The predicted molar refractivity (Wildman–Crippen MR) is 161 cm³/mol. The number of halogens is 1. The Kier molecular flexibility index (Phi) is 8.37. The minimum absolute atomic E-state index is 0.214. The van der Waals surface area contributed by atoms with Crippen LogP contribution in [-0.2, 0) is 17.9 Å². The first-order valence-corrected chi connectivity index (χ1v) is 13.9. The lowest BCUT2D eigenvalue weighted by atomic mass is 10.0. The molecule has 0 spiro atoms. The van der Waals surface area contributed by atoms with Gasteiger partial charge in [-0.15, -0.1) is 11.3 Å². The topological polar surface area (TPSA) is 94.8 Å². The number of nitrogens with zero attached hydrogens (tertiary/aromatic N) is 3. The number of nitrogens with one attached hydrogen (secondary N) is 1. The summed E-state index contributed by atoms with van der Waals surface area (Å²) in [7, 11) is 1.56. The first kappa shape index (κ1) is 27.3. The van der Waals surface area contributed by atoms with Crippen molar-refractivity contribution in [1.29, 1.82) is 0 Å². The molecule has 40 heavy (non-hydrogen) atoms. The summed E-state index contributed by atoms with van der Waals surface area (Å²) in [5.41, 5.74) is 5.73. The van der Waals surface area contributed by atoms with Gasteiger partial charge in [0.2, 0.25) is 0 Å². The lowest BCUT2D eigenvalue weighted by Crippen LogP contribution is -2.30. The molecule has 0 bridgehead atoms. The molecule has 0 aliphatic carbocycles. The molecular weight excluding hydrogens is 592 g/mol. The zero-order valence-electron chi connectivity index (χ0n) is 21.8. The summed E-state index contributed by atoms with van der Waals surface area (Å²) in [6.45, 7) is 2.15. The smallest absolute Gasteiger partial charge is 0.263 e. The number of hydrazone groups is 1. The molecule has 10 heteroatoms. The van der Waals surface area contributed by atoms with E-state index in [0.29, 0.717) is 33.9 Å². The monoisotopic (exact) mass is 616 g/mol. The summed E-state index contributed by atoms with van der Waals surface area (Å²) < 4.78 is 13.7. The number of thiophene rings is 1. The van der Waals surface area contributed by atoms with Gasteiger partial charge in [-0.2, -0.15) is 5.10 Å². The van der Waals surface area contributed by atoms with Gasteiger partial charge in [0.25, 0.3) is 11.5 Å². The highest BCUT2D eigenvalue weighted by Crippen LogP contribution is 2.35. The van der Waals surface area contributed by atoms with Crippen molar-refractivity contribution in [2.24, 2.45) is 5.10 Å². The fourth-order valence-corrected chi connectivity index (χ4v) is 5.46. The Bertz CT molecular complexity index is 1750. The molecule has 5 rings (SSSR count). The van der Waals surface area contributed by atoms with Crippen LogP contribution in [0.25, 0.3) is 21.3 Å². The van der Waals surface area contributed by atoms with Gasteiger partial charge in [0.05, 0.1) is 25.0 Å². The van der Waals surface area contributed by atoms with Crippen molar-refractivity contribution in [3.63, 3.8) is 0 Å². The normalized spacial score (nSPS) is 11.2. The molecule has 0 unspecified atom stereocenters. The van der Waals surface area contributed by atoms with Gasteiger partial charge < -0.3 is 9.47 Å². The largest absolute Gasteiger partial charge is 0.493 e. The summed E-state index contributed by atoms with van der Waals surface area (Å²) in [4.78, 5) is 32.0. The fraction of sp³-hybridized carbons (Fsp3) is 0.133. The van der Waals surface area contributed by atoms with Crippen LogP contribution in [0.5, 0.6) is 11.5 Å². The number of fused-ring (bicyclic) bond motifs is 1. The molecule has 5 aromatic rings. The Morgan fingerprint density at radius 3 is 2.62 bits per heavy atom. The van der Waals surface area contributed by atoms with Gasteiger partial charge in [-0.3, -0.25) is 14.2 Å². The number of methoxy groups -OCH3 is 1. The van der Waals surface area contributed by atoms with Crippen LogP contribution >= 0.6 is 27.3 Å². The molecule has 1 amide bonds. The summed E-state index contributed by atoms with van der Waals surface area (Å²) in [5, 5.41) is 4.56. The molecule has 202 valence electrons. The zero-order chi connectivity index (χ0) is 28.1. The van der Waals surface area contributed by atoms with Crippen molar-refractivity contribution in [3.8, 4) is 22.6 Å². The third kappa shape index (κ3) is 6.13. The molecule has 0 fully saturated rings. The van der Waals surface area contributed by atoms with Crippen LogP contribution in [-0.4, -0.2) is 28.8 Å². The van der Waals surface area contributed by atoms with E-state index in [2.05, 4.69) is 31.4 Å². The number of carbonyl (C=O) groups excluding carboxylic acids is 1. The number of hydrogen-bond donors (Lipinski definition) is 1. The number of aryl methyl sites for hydroxylation is 1. The molecule has 2 aromatic heterocycles. The SMILES string of the molecule is COc1cc(C=NNC(=O)Cn2cnc3sc(C)c(-c4ccccc4)c3c2=O)ccc1OCc1ccc(Br)cc1. The molecule has 0 atom stereocenters. The fourth-order valence-electron chi connectivity index (χ4n) is 4.20. The molecule has 8 nitrogen and oxygen atoms in total. The van der Waals surface area contributed by atoms with Crippen LogP contribution in [0.4, 0.5) is 0 Å². The number of benzene rings is 3. The van der Waals surface area contributed by atoms with Crippen molar-refractivity contribution >= 4 is 49.6 Å². The molecule has 3 aromatic carbocycles. The van der Waals surface area contributed by atoms with Gasteiger partial charge in [-0.05, 0) is 53.9 Å². The number of ether oxygens (including phenoxy) is 2. The molecular formula is C30H25BrN4O4S. The van der Waals surface area contributed by atoms with Gasteiger partial charge in [0.15, 0.2) is 11.5 Å². The van der Waals surface area contributed by atoms with Gasteiger partial charge in [0.1, 0.15) is 18.0 Å². The average Bonchev–Trinajstić information content (AvgIpc) is 3.31. The second-order valence-corrected chi connectivity index (χ2v) is 11.0. The third-order valence-electron chi connectivity index (χ3n) is 6.13. The summed E-state index contributed by atoms with van der Waals surface area (Å²) in [6, 6.07) is 22.9. The van der Waals surface area contributed by atoms with Crippen LogP contribution in [0.15, 0.2) is 93.5 Å². The number of aromatic nitrogens is 2. The molecule has 0 radical (unpaired) electrons. The van der Waals surface area contributed by atoms with Crippen LogP contribution in [0.1, 0.15) is 16.0 Å². The van der Waals surface area contributed by atoms with Crippen molar-refractivity contribution < 1.29 is 14.3 Å². The Balaban J connectivity index is 1.25. The highest BCUT2D eigenvalue weighted by molar-refractivity contribution is 9.10. The molecule has 0 saturated carbocycles. The van der Waals surface area contributed by atoms with E-state index in [4.69, 9.17) is 9.47 Å². The minimum Gasteiger partial charge on any atom is -0.493 e. The maximum absolute atomic E-state index is 13.3. The first-order valence-electron chi connectivity index (χ1n) is 12.3. The van der Waals surface area contributed by atoms with E-state index < -0.39 is 5.91 Å². The van der Waals surface area contributed by atoms with Gasteiger partial charge in [-0.1, -0.05) is 58.4 Å². The number of hydrogen-bond acceptors (Lipinski definition) is 7. The van der Waals surface area contributed by atoms with Gasteiger partial charge >= 0.3 is 0 Å². The lowest BCUT2D eigenvalue weighted by Gasteiger charge is -2.11. The van der Waals surface area contributed by atoms with E-state index >= 15 is 0 Å². The maximum Gasteiger partial charge on any atom is 0.263 e. The number of amides is 1. The molecule has 1 N–H and O–H groups in total. The molecule has 0 aliphatic rings. The van der Waals surface area contributed by atoms with Crippen molar-refractivity contribution in [1.82, 2.24) is 15.0 Å². The van der Waals surface area contributed by atoms with Crippen molar-refractivity contribution in [2.45, 2.75) is 20.1 Å². The standard InChI is InChI=1S/C30H25BrN4O4S/c1-19-27(22-6-4-3-5-7-22)28-29(40-19)32-18-35(30(28)37)16-26(36)34-33-15-21-10-13-24(25(14-21)38-2)39-17-20-8-11-23(31)12-9-20/h3-15,18H,16-17H2,1-2H3,(H,34,36). The minimum atomic E-state index is -0.450. The third-order valence-corrected chi connectivity index (χ3v) is 7.67. The van der Waals surface area contributed by atoms with Crippen LogP contribution in [0.2, 0.25) is 0 Å². The Labute approximate surface area is 243 Å². The Morgan fingerprint density at radius 2 is 1.88 bits per heavy atom. The van der Waals surface area contributed by atoms with E-state index in [1.165, 1.54) is 28.4 Å². The number of rotatable bonds is 9. The van der Waals surface area contributed by atoms with E-state index in [0.717, 1.165) is 26.0 Å². The lowest BCUT2D eigenvalue weighted by molar-refractivity contribution is -0.121. The molecule has 0 saturated heterocycles. The highest BCUT2D eigenvalue weighted by Gasteiger charge is 2.17. The maximum atomic E-state index is 13.3. The van der Waals surface area contributed by atoms with E-state index in [1.807, 2.05) is 61.5 Å². The predicted octanol–water partition coefficient (Wildman–Crippen LogP) is 5.93. The Morgan fingerprint density at radius 1 is 1.10 bits per heavy atom. The quantitative estimate of drug-likeness (QED) is 0.163. The van der Waals surface area contributed by atoms with Crippen LogP contribution < -0.4 is 20.5 Å². The Hall–Kier alpha value is -4.28. The van der Waals surface area contributed by atoms with Gasteiger partial charge in [0, 0.05) is 14.9 Å². The van der Waals surface area contributed by atoms with Crippen LogP contribution in [0.3, 0.4) is 0 Å². The summed E-state index contributed by atoms with van der Waals surface area (Å²) in [6.07, 6.45) is 2.90. The van der Waals surface area contributed by atoms with E-state index in [-0.39, 0.29) is 12.1 Å². The summed E-state index contributed by atoms with van der Waals surface area (Å²) in [5.74, 6) is 0.681. The van der Waals surface area contributed by atoms with Crippen molar-refractivity contribution in [2.75, 3.05) is 7.11 Å². The number of carbonyl (C=O) groups is 1. The second kappa shape index (κ2) is 12.3. The van der Waals surface area contributed by atoms with Crippen molar-refractivity contribution in [3.05, 3.63) is 110 Å². The average molecular weight is 618 g/mol. The molecule has 0 aliphatic heterocycles. The van der Waals surface area contributed by atoms with Crippen LogP contribution in [0, 0.1) is 6.92 Å². The first-order chi connectivity index (χ1) is 19.4.